The van der Waals surface area contributed by atoms with Gasteiger partial charge in [0.25, 0.3) is 0 Å². The lowest BCUT2D eigenvalue weighted by molar-refractivity contribution is 0.415. The zero-order chi connectivity index (χ0) is 19.5. The van der Waals surface area contributed by atoms with E-state index in [0.29, 0.717) is 10.9 Å². The van der Waals surface area contributed by atoms with Gasteiger partial charge in [0.05, 0.1) is 18.5 Å². The summed E-state index contributed by atoms with van der Waals surface area (Å²) in [6.45, 7) is 2.14. The van der Waals surface area contributed by atoms with Crippen LogP contribution in [0.25, 0.3) is 0 Å². The van der Waals surface area contributed by atoms with Gasteiger partial charge in [-0.25, -0.2) is 4.99 Å². The Morgan fingerprint density at radius 1 is 0.929 bits per heavy atom. The van der Waals surface area contributed by atoms with Gasteiger partial charge in [-0.1, -0.05) is 36.7 Å². The van der Waals surface area contributed by atoms with Crippen LogP contribution in [0.3, 0.4) is 0 Å². The van der Waals surface area contributed by atoms with Crippen LogP contribution in [0.2, 0.25) is 5.02 Å². The Morgan fingerprint density at radius 2 is 1.64 bits per heavy atom. The average molecular weight is 390 g/mol. The number of nitrogens with one attached hydrogen (secondary N) is 1. The lowest BCUT2D eigenvalue weighted by Crippen LogP contribution is -2.19. The third-order valence-corrected chi connectivity index (χ3v) is 4.96. The smallest absolute Gasteiger partial charge is 0.154 e. The molecular weight excluding hydrogens is 370 g/mol. The molecule has 0 atom stereocenters. The van der Waals surface area contributed by atoms with Crippen LogP contribution in [0, 0.1) is 0 Å². The molecule has 140 valence electrons. The number of hydrogen-bond donors (Lipinski definition) is 1. The van der Waals surface area contributed by atoms with E-state index in [1.54, 1.807) is 7.11 Å². The van der Waals surface area contributed by atoms with Gasteiger partial charge in [-0.2, -0.15) is 5.10 Å². The summed E-state index contributed by atoms with van der Waals surface area (Å²) in [4.78, 5) is 4.86. The number of methoxy groups -OCH3 is 1. The third kappa shape index (κ3) is 3.64. The quantitative estimate of drug-likeness (QED) is 0.654. The van der Waals surface area contributed by atoms with Crippen LogP contribution in [0.15, 0.2) is 76.8 Å². The van der Waals surface area contributed by atoms with Crippen LogP contribution in [-0.4, -0.2) is 18.7 Å². The Bertz CT molecular complexity index is 1050. The van der Waals surface area contributed by atoms with E-state index in [2.05, 4.69) is 30.5 Å². The van der Waals surface area contributed by atoms with E-state index >= 15 is 0 Å². The van der Waals surface area contributed by atoms with Crippen molar-refractivity contribution >= 4 is 28.8 Å². The molecular formula is C23H20ClN3O. The fourth-order valence-electron chi connectivity index (χ4n) is 3.11. The molecule has 1 N–H and O–H groups in total. The van der Waals surface area contributed by atoms with Crippen molar-refractivity contribution in [3.63, 3.8) is 0 Å². The van der Waals surface area contributed by atoms with Crippen LogP contribution in [0.4, 0.5) is 5.69 Å². The van der Waals surface area contributed by atoms with Gasteiger partial charge >= 0.3 is 0 Å². The van der Waals surface area contributed by atoms with Crippen LogP contribution >= 0.6 is 11.6 Å². The van der Waals surface area contributed by atoms with Gasteiger partial charge in [0.15, 0.2) is 5.84 Å². The predicted octanol–water partition coefficient (Wildman–Crippen LogP) is 5.34. The van der Waals surface area contributed by atoms with Crippen molar-refractivity contribution in [3.05, 3.63) is 94.0 Å². The molecule has 0 unspecified atom stereocenters. The average Bonchev–Trinajstić information content (AvgIpc) is 2.93. The van der Waals surface area contributed by atoms with Gasteiger partial charge in [-0.3, -0.25) is 5.43 Å². The lowest BCUT2D eigenvalue weighted by Gasteiger charge is -2.09. The Labute approximate surface area is 169 Å². The van der Waals surface area contributed by atoms with Crippen LogP contribution in [0.5, 0.6) is 5.75 Å². The Kier molecular flexibility index (Phi) is 5.13. The number of amidine groups is 1. The van der Waals surface area contributed by atoms with Gasteiger partial charge in [0.1, 0.15) is 5.75 Å². The standard InChI is InChI=1S/C23H20ClN3O/c1-3-15-4-13-21-20(14-15)22(16-5-9-18(24)10-6-16)26-27-23(25-21)17-7-11-19(28-2)12-8-17/h4-14H,3H2,1-2H3,(H,25,27). The third-order valence-electron chi connectivity index (χ3n) is 4.71. The number of nitrogens with zero attached hydrogens (tertiary/aromatic N) is 2. The molecule has 0 spiro atoms. The molecule has 1 heterocycles. The number of benzene rings is 3. The van der Waals surface area contributed by atoms with Crippen molar-refractivity contribution in [3.8, 4) is 5.75 Å². The molecule has 0 bridgehead atoms. The first-order valence-electron chi connectivity index (χ1n) is 9.14. The highest BCUT2D eigenvalue weighted by Crippen LogP contribution is 2.28. The van der Waals surface area contributed by atoms with Crippen molar-refractivity contribution in [1.29, 1.82) is 0 Å². The second-order valence-electron chi connectivity index (χ2n) is 6.47. The van der Waals surface area contributed by atoms with E-state index < -0.39 is 0 Å². The SMILES string of the molecule is CCc1ccc2c(c1)C(c1ccc(Cl)cc1)=NNC(c1ccc(OC)cc1)=N2. The van der Waals surface area contributed by atoms with Gasteiger partial charge in [0.2, 0.25) is 0 Å². The van der Waals surface area contributed by atoms with Crippen LogP contribution in [0.1, 0.15) is 29.2 Å². The highest BCUT2D eigenvalue weighted by atomic mass is 35.5. The highest BCUT2D eigenvalue weighted by Gasteiger charge is 2.18. The summed E-state index contributed by atoms with van der Waals surface area (Å²) < 4.78 is 5.25. The molecule has 4 nitrogen and oxygen atoms in total. The molecule has 3 aromatic rings. The van der Waals surface area contributed by atoms with Gasteiger partial charge in [-0.15, -0.1) is 0 Å². The number of ether oxygens (including phenoxy) is 1. The van der Waals surface area contributed by atoms with Crippen molar-refractivity contribution in [1.82, 2.24) is 5.43 Å². The fourth-order valence-corrected chi connectivity index (χ4v) is 3.24. The summed E-state index contributed by atoms with van der Waals surface area (Å²) in [6, 6.07) is 21.8. The topological polar surface area (TPSA) is 46.0 Å². The van der Waals surface area contributed by atoms with E-state index in [-0.39, 0.29) is 0 Å². The van der Waals surface area contributed by atoms with Gasteiger partial charge in [0, 0.05) is 21.7 Å². The summed E-state index contributed by atoms with van der Waals surface area (Å²) in [5, 5.41) is 5.40. The first-order chi connectivity index (χ1) is 13.7. The molecule has 0 amide bonds. The highest BCUT2D eigenvalue weighted by molar-refractivity contribution is 6.30. The zero-order valence-corrected chi connectivity index (χ0v) is 16.5. The van der Waals surface area contributed by atoms with E-state index in [9.17, 15) is 0 Å². The number of rotatable bonds is 4. The fraction of sp³-hybridized carbons (Fsp3) is 0.130. The summed E-state index contributed by atoms with van der Waals surface area (Å²) in [7, 11) is 1.65. The van der Waals surface area contributed by atoms with Gasteiger partial charge < -0.3 is 4.74 Å². The molecule has 4 rings (SSSR count). The normalized spacial score (nSPS) is 13.0. The maximum absolute atomic E-state index is 6.07. The number of hydrogen-bond acceptors (Lipinski definition) is 4. The monoisotopic (exact) mass is 389 g/mol. The molecule has 1 aliphatic rings. The molecule has 0 aliphatic carbocycles. The number of fused-ring (bicyclic) bond motifs is 1. The summed E-state index contributed by atoms with van der Waals surface area (Å²) in [5.41, 5.74) is 9.02. The van der Waals surface area contributed by atoms with E-state index in [4.69, 9.17) is 26.4 Å². The van der Waals surface area contributed by atoms with Crippen molar-refractivity contribution < 1.29 is 4.74 Å². The minimum atomic E-state index is 0.692. The summed E-state index contributed by atoms with van der Waals surface area (Å²) in [5.74, 6) is 1.49. The molecule has 0 aromatic heterocycles. The molecule has 3 aromatic carbocycles. The maximum atomic E-state index is 6.07. The first-order valence-corrected chi connectivity index (χ1v) is 9.52. The Morgan fingerprint density at radius 3 is 2.32 bits per heavy atom. The molecule has 0 saturated heterocycles. The molecule has 0 radical (unpaired) electrons. The Hall–Kier alpha value is -3.11. The summed E-state index contributed by atoms with van der Waals surface area (Å²) in [6.07, 6.45) is 0.948. The number of hydrazone groups is 1. The molecule has 28 heavy (non-hydrogen) atoms. The van der Waals surface area contributed by atoms with Crippen LogP contribution in [-0.2, 0) is 6.42 Å². The lowest BCUT2D eigenvalue weighted by atomic mass is 9.98. The van der Waals surface area contributed by atoms with E-state index in [0.717, 1.165) is 40.3 Å². The zero-order valence-electron chi connectivity index (χ0n) is 15.7. The van der Waals surface area contributed by atoms with E-state index in [1.807, 2.05) is 48.5 Å². The second kappa shape index (κ2) is 7.87. The minimum Gasteiger partial charge on any atom is -0.497 e. The minimum absolute atomic E-state index is 0.692. The van der Waals surface area contributed by atoms with Crippen molar-refractivity contribution in [2.45, 2.75) is 13.3 Å². The maximum Gasteiger partial charge on any atom is 0.154 e. The second-order valence-corrected chi connectivity index (χ2v) is 6.91. The molecule has 0 fully saturated rings. The number of aliphatic imine (C=N–C) groups is 1. The number of halogens is 1. The largest absolute Gasteiger partial charge is 0.497 e. The van der Waals surface area contributed by atoms with E-state index in [1.165, 1.54) is 5.56 Å². The van der Waals surface area contributed by atoms with Crippen molar-refractivity contribution in [2.75, 3.05) is 7.11 Å². The first kappa shape index (κ1) is 18.3. The van der Waals surface area contributed by atoms with Crippen molar-refractivity contribution in [2.24, 2.45) is 10.1 Å². The Balaban J connectivity index is 1.83. The van der Waals surface area contributed by atoms with Gasteiger partial charge in [-0.05, 0) is 60.5 Å². The molecule has 5 heteroatoms. The molecule has 0 saturated carbocycles. The molecule has 1 aliphatic heterocycles. The predicted molar refractivity (Wildman–Crippen MR) is 115 cm³/mol. The summed E-state index contributed by atoms with van der Waals surface area (Å²) >= 11 is 6.07. The van der Waals surface area contributed by atoms with Crippen LogP contribution < -0.4 is 10.2 Å². The number of aryl methyl sites for hydroxylation is 1.